The minimum atomic E-state index is -4.53. The molecule has 0 aliphatic heterocycles. The maximum atomic E-state index is 15.4. The molecule has 47 heavy (non-hydrogen) atoms. The Hall–Kier alpha value is -3.52. The van der Waals surface area contributed by atoms with Crippen molar-refractivity contribution in [3.05, 3.63) is 100 Å². The second kappa shape index (κ2) is 14.7. The third-order valence-corrected chi connectivity index (χ3v) is 11.1. The third kappa shape index (κ3) is 7.64. The van der Waals surface area contributed by atoms with E-state index in [0.29, 0.717) is 56.6 Å². The van der Waals surface area contributed by atoms with Gasteiger partial charge in [0.2, 0.25) is 10.0 Å². The van der Waals surface area contributed by atoms with Gasteiger partial charge in [-0.2, -0.15) is 4.31 Å². The number of benzene rings is 3. The van der Waals surface area contributed by atoms with Crippen LogP contribution in [0.25, 0.3) is 5.69 Å². The van der Waals surface area contributed by atoms with E-state index < -0.39 is 55.4 Å². The number of sulfonamides is 1. The van der Waals surface area contributed by atoms with Gasteiger partial charge in [0.1, 0.15) is 29.2 Å². The van der Waals surface area contributed by atoms with Crippen LogP contribution in [0.1, 0.15) is 56.9 Å². The van der Waals surface area contributed by atoms with Crippen LogP contribution in [0.4, 0.5) is 13.2 Å². The Kier molecular flexibility index (Phi) is 11.4. The Bertz CT molecular complexity index is 1840. The predicted molar refractivity (Wildman–Crippen MR) is 175 cm³/mol. The molecule has 252 valence electrons. The molecule has 1 atom stereocenters. The molecule has 0 radical (unpaired) electrons. The third-order valence-electron chi connectivity index (χ3n) is 8.02. The standard InChI is InChI=1S/C33H35ClF3N3O5S2/c1-6-7-8-28(31(41)42)39(4)47(43,44)23-16-26(36)24(27(37)17-23)19-46-32-38-18-30(40(32)22-12-10-21(35)11-13-22)33(2,3)20-9-14-29(45-5)25(34)15-20/h9-18,28H,6-8,19H2,1-5H3,(H,41,42)/t28-/m0/s1. The number of aliphatic carboxylic acids is 1. The van der Waals surface area contributed by atoms with Crippen LogP contribution in [-0.2, 0) is 26.0 Å². The molecule has 3 aromatic carbocycles. The van der Waals surface area contributed by atoms with Crippen LogP contribution in [0.5, 0.6) is 5.75 Å². The molecule has 1 aromatic heterocycles. The molecule has 0 saturated heterocycles. The number of halogens is 4. The van der Waals surface area contributed by atoms with Crippen molar-refractivity contribution in [1.29, 1.82) is 0 Å². The molecule has 1 N–H and O–H groups in total. The van der Waals surface area contributed by atoms with Crippen LogP contribution in [0.2, 0.25) is 5.02 Å². The maximum absolute atomic E-state index is 15.4. The van der Waals surface area contributed by atoms with Gasteiger partial charge in [-0.3, -0.25) is 9.36 Å². The number of nitrogens with zero attached hydrogens (tertiary/aromatic N) is 3. The highest BCUT2D eigenvalue weighted by Crippen LogP contribution is 2.39. The summed E-state index contributed by atoms with van der Waals surface area (Å²) in [6.45, 7) is 5.73. The predicted octanol–water partition coefficient (Wildman–Crippen LogP) is 7.83. The summed E-state index contributed by atoms with van der Waals surface area (Å²) in [6, 6.07) is 11.1. The lowest BCUT2D eigenvalue weighted by atomic mass is 9.81. The van der Waals surface area contributed by atoms with Gasteiger partial charge in [0, 0.05) is 29.5 Å². The topological polar surface area (TPSA) is 102 Å². The van der Waals surface area contributed by atoms with Gasteiger partial charge in [0.15, 0.2) is 5.16 Å². The van der Waals surface area contributed by atoms with Gasteiger partial charge in [0.05, 0.1) is 28.9 Å². The number of aromatic nitrogens is 2. The molecule has 0 aliphatic carbocycles. The van der Waals surface area contributed by atoms with Crippen LogP contribution < -0.4 is 4.74 Å². The second-order valence-corrected chi connectivity index (χ2v) is 14.7. The number of hydrogen-bond acceptors (Lipinski definition) is 6. The maximum Gasteiger partial charge on any atom is 0.322 e. The molecule has 14 heteroatoms. The van der Waals surface area contributed by atoms with Crippen molar-refractivity contribution >= 4 is 39.4 Å². The number of unbranched alkanes of at least 4 members (excludes halogenated alkanes) is 1. The number of likely N-dealkylation sites (N-methyl/N-ethyl adjacent to an activating group) is 1. The SMILES string of the molecule is CCCC[C@@H](C(=O)O)N(C)S(=O)(=O)c1cc(F)c(CSc2ncc(C(C)(C)c3ccc(OC)c(Cl)c3)n2-c2ccc(F)cc2)c(F)c1. The van der Waals surface area contributed by atoms with Gasteiger partial charge in [-0.25, -0.2) is 26.6 Å². The smallest absolute Gasteiger partial charge is 0.322 e. The summed E-state index contributed by atoms with van der Waals surface area (Å²) in [4.78, 5) is 15.6. The average molecular weight is 710 g/mol. The van der Waals surface area contributed by atoms with E-state index in [1.807, 2.05) is 26.8 Å². The van der Waals surface area contributed by atoms with Gasteiger partial charge in [-0.05, 0) is 60.5 Å². The van der Waals surface area contributed by atoms with Crippen LogP contribution in [-0.4, -0.2) is 53.5 Å². The Labute approximate surface area is 281 Å². The van der Waals surface area contributed by atoms with E-state index in [1.54, 1.807) is 35.0 Å². The molecular weight excluding hydrogens is 675 g/mol. The first kappa shape index (κ1) is 36.3. The van der Waals surface area contributed by atoms with E-state index in [-0.39, 0.29) is 12.2 Å². The van der Waals surface area contributed by atoms with Crippen LogP contribution in [0, 0.1) is 17.5 Å². The molecule has 4 aromatic rings. The van der Waals surface area contributed by atoms with Crippen LogP contribution >= 0.6 is 23.4 Å². The van der Waals surface area contributed by atoms with Crippen molar-refractivity contribution in [3.63, 3.8) is 0 Å². The number of carboxylic acid groups (broad SMARTS) is 1. The van der Waals surface area contributed by atoms with Gasteiger partial charge in [0.25, 0.3) is 0 Å². The van der Waals surface area contributed by atoms with Crippen molar-refractivity contribution in [2.45, 2.75) is 67.3 Å². The lowest BCUT2D eigenvalue weighted by Crippen LogP contribution is -2.42. The molecule has 0 bridgehead atoms. The molecular formula is C33H35ClF3N3O5S2. The highest BCUT2D eigenvalue weighted by molar-refractivity contribution is 7.98. The van der Waals surface area contributed by atoms with Gasteiger partial charge < -0.3 is 9.84 Å². The zero-order chi connectivity index (χ0) is 34.7. The average Bonchev–Trinajstić information content (AvgIpc) is 3.45. The molecule has 0 aliphatic rings. The molecule has 8 nitrogen and oxygen atoms in total. The van der Waals surface area contributed by atoms with Crippen molar-refractivity contribution in [2.24, 2.45) is 0 Å². The quantitative estimate of drug-likeness (QED) is 0.133. The number of methoxy groups -OCH3 is 1. The summed E-state index contributed by atoms with van der Waals surface area (Å²) in [7, 11) is -1.94. The van der Waals surface area contributed by atoms with E-state index in [4.69, 9.17) is 16.3 Å². The van der Waals surface area contributed by atoms with Crippen molar-refractivity contribution in [3.8, 4) is 11.4 Å². The highest BCUT2D eigenvalue weighted by Gasteiger charge is 2.34. The largest absolute Gasteiger partial charge is 0.495 e. The number of hydrogen-bond donors (Lipinski definition) is 1. The van der Waals surface area contributed by atoms with Crippen LogP contribution in [0.15, 0.2) is 70.8 Å². The van der Waals surface area contributed by atoms with Crippen molar-refractivity contribution < 1.29 is 36.2 Å². The van der Waals surface area contributed by atoms with Gasteiger partial charge in [-0.1, -0.05) is 63.0 Å². The first-order valence-electron chi connectivity index (χ1n) is 14.6. The summed E-state index contributed by atoms with van der Waals surface area (Å²) in [5.41, 5.74) is 0.944. The summed E-state index contributed by atoms with van der Waals surface area (Å²) in [5, 5.41) is 10.3. The zero-order valence-electron chi connectivity index (χ0n) is 26.4. The molecule has 4 rings (SSSR count). The Balaban J connectivity index is 1.70. The Morgan fingerprint density at radius 3 is 2.30 bits per heavy atom. The van der Waals surface area contributed by atoms with Gasteiger partial charge in [-0.15, -0.1) is 0 Å². The Morgan fingerprint density at radius 2 is 1.74 bits per heavy atom. The monoisotopic (exact) mass is 709 g/mol. The molecule has 0 amide bonds. The zero-order valence-corrected chi connectivity index (χ0v) is 28.8. The van der Waals surface area contributed by atoms with E-state index in [9.17, 15) is 22.7 Å². The summed E-state index contributed by atoms with van der Waals surface area (Å²) in [5.74, 6) is -3.80. The van der Waals surface area contributed by atoms with E-state index >= 15 is 8.78 Å². The van der Waals surface area contributed by atoms with E-state index in [1.165, 1.54) is 19.2 Å². The van der Waals surface area contributed by atoms with Crippen LogP contribution in [0.3, 0.4) is 0 Å². The highest BCUT2D eigenvalue weighted by atomic mass is 35.5. The lowest BCUT2D eigenvalue weighted by Gasteiger charge is -2.28. The number of carbonyl (C=O) groups is 1. The number of thioether (sulfide) groups is 1. The Morgan fingerprint density at radius 1 is 1.11 bits per heavy atom. The first-order valence-corrected chi connectivity index (χ1v) is 17.4. The minimum Gasteiger partial charge on any atom is -0.495 e. The van der Waals surface area contributed by atoms with E-state index in [2.05, 4.69) is 4.98 Å². The van der Waals surface area contributed by atoms with E-state index in [0.717, 1.165) is 24.4 Å². The summed E-state index contributed by atoms with van der Waals surface area (Å²) < 4.78 is 78.8. The second-order valence-electron chi connectivity index (χ2n) is 11.4. The first-order chi connectivity index (χ1) is 22.1. The summed E-state index contributed by atoms with van der Waals surface area (Å²) >= 11 is 7.43. The minimum absolute atomic E-state index is 0.0479. The molecule has 0 spiro atoms. The number of carboxylic acids is 1. The normalized spacial score (nSPS) is 12.8. The fraction of sp³-hybridized carbons (Fsp3) is 0.333. The molecule has 0 fully saturated rings. The molecule has 1 heterocycles. The van der Waals surface area contributed by atoms with Crippen molar-refractivity contribution in [2.75, 3.05) is 14.2 Å². The number of imidazole rings is 1. The van der Waals surface area contributed by atoms with Crippen molar-refractivity contribution in [1.82, 2.24) is 13.9 Å². The molecule has 0 unspecified atom stereocenters. The number of ether oxygens (including phenoxy) is 1. The molecule has 0 saturated carbocycles. The lowest BCUT2D eigenvalue weighted by molar-refractivity contribution is -0.141. The number of rotatable bonds is 14. The fourth-order valence-corrected chi connectivity index (χ4v) is 7.75. The fourth-order valence-electron chi connectivity index (χ4n) is 5.12. The summed E-state index contributed by atoms with van der Waals surface area (Å²) in [6.07, 6.45) is 2.77. The van der Waals surface area contributed by atoms with Gasteiger partial charge >= 0.3 is 5.97 Å².